The smallest absolute Gasteiger partial charge is 0.226 e. The van der Waals surface area contributed by atoms with Crippen LogP contribution >= 0.6 is 0 Å². The number of aromatic nitrogens is 2. The van der Waals surface area contributed by atoms with Crippen molar-refractivity contribution in [2.75, 3.05) is 13.1 Å². The van der Waals surface area contributed by atoms with E-state index in [2.05, 4.69) is 4.57 Å². The fraction of sp³-hybridized carbons (Fsp3) is 0.231. The molecular formula is C26H23F2N3O. The average Bonchev–Trinajstić information content (AvgIpc) is 3.20. The monoisotopic (exact) mass is 431 g/mol. The molecule has 0 radical (unpaired) electrons. The normalized spacial score (nSPS) is 14.8. The lowest BCUT2D eigenvalue weighted by molar-refractivity contribution is -0.131. The van der Waals surface area contributed by atoms with Gasteiger partial charge in [-0.25, -0.2) is 13.8 Å². The zero-order valence-electron chi connectivity index (χ0n) is 17.5. The number of halogens is 2. The standard InChI is InChI=1S/C26H23F2N3O/c27-20-8-6-18(7-9-20)16-25(32)30-14-12-22(13-15-30)31-24-17-21(28)10-11-23(24)29-26(31)19-4-2-1-3-5-19/h1-11,17,22H,12-16H2. The molecule has 4 aromatic rings. The summed E-state index contributed by atoms with van der Waals surface area (Å²) in [4.78, 5) is 19.4. The van der Waals surface area contributed by atoms with E-state index in [1.165, 1.54) is 18.2 Å². The molecule has 1 aliphatic heterocycles. The van der Waals surface area contributed by atoms with Crippen LogP contribution in [0.25, 0.3) is 22.4 Å². The molecule has 0 N–H and O–H groups in total. The molecule has 5 rings (SSSR count). The van der Waals surface area contributed by atoms with Crippen molar-refractivity contribution in [1.82, 2.24) is 14.5 Å². The maximum absolute atomic E-state index is 14.1. The van der Waals surface area contributed by atoms with Crippen molar-refractivity contribution in [1.29, 1.82) is 0 Å². The minimum atomic E-state index is -0.305. The summed E-state index contributed by atoms with van der Waals surface area (Å²) < 4.78 is 29.3. The first-order valence-corrected chi connectivity index (χ1v) is 10.8. The van der Waals surface area contributed by atoms with Gasteiger partial charge in [0.05, 0.1) is 17.5 Å². The van der Waals surface area contributed by atoms with Crippen molar-refractivity contribution < 1.29 is 13.6 Å². The van der Waals surface area contributed by atoms with Crippen molar-refractivity contribution in [2.24, 2.45) is 0 Å². The molecule has 6 heteroatoms. The fourth-order valence-corrected chi connectivity index (χ4v) is 4.49. The second kappa shape index (κ2) is 8.54. The quantitative estimate of drug-likeness (QED) is 0.435. The molecule has 1 aliphatic rings. The Hall–Kier alpha value is -3.54. The molecule has 1 amide bonds. The third-order valence-electron chi connectivity index (χ3n) is 6.13. The first kappa shape index (κ1) is 20.4. The third-order valence-corrected chi connectivity index (χ3v) is 6.13. The van der Waals surface area contributed by atoms with Crippen LogP contribution in [0.1, 0.15) is 24.4 Å². The number of amides is 1. The third kappa shape index (κ3) is 4.00. The van der Waals surface area contributed by atoms with E-state index in [0.29, 0.717) is 13.1 Å². The van der Waals surface area contributed by atoms with Gasteiger partial charge in [-0.15, -0.1) is 0 Å². The SMILES string of the molecule is O=C(Cc1ccc(F)cc1)N1CCC(n2c(-c3ccccc3)nc3ccc(F)cc32)CC1. The number of rotatable bonds is 4. The van der Waals surface area contributed by atoms with E-state index < -0.39 is 0 Å². The molecule has 2 heterocycles. The van der Waals surface area contributed by atoms with Crippen molar-refractivity contribution in [3.8, 4) is 11.4 Å². The van der Waals surface area contributed by atoms with E-state index >= 15 is 0 Å². The number of piperidine rings is 1. The number of likely N-dealkylation sites (tertiary alicyclic amines) is 1. The van der Waals surface area contributed by atoms with Crippen LogP contribution in [0.2, 0.25) is 0 Å². The summed E-state index contributed by atoms with van der Waals surface area (Å²) in [5.74, 6) is 0.271. The van der Waals surface area contributed by atoms with Gasteiger partial charge >= 0.3 is 0 Å². The Morgan fingerprint density at radius 1 is 0.906 bits per heavy atom. The predicted molar refractivity (Wildman–Crippen MR) is 120 cm³/mol. The van der Waals surface area contributed by atoms with Gasteiger partial charge in [-0.3, -0.25) is 4.79 Å². The zero-order valence-corrected chi connectivity index (χ0v) is 17.5. The van der Waals surface area contributed by atoms with E-state index in [0.717, 1.165) is 40.8 Å². The topological polar surface area (TPSA) is 38.1 Å². The van der Waals surface area contributed by atoms with Crippen LogP contribution in [0.15, 0.2) is 72.8 Å². The molecule has 0 unspecified atom stereocenters. The lowest BCUT2D eigenvalue weighted by Crippen LogP contribution is -2.40. The van der Waals surface area contributed by atoms with Gasteiger partial charge in [0.15, 0.2) is 0 Å². The highest BCUT2D eigenvalue weighted by molar-refractivity contribution is 5.81. The Kier molecular flexibility index (Phi) is 5.43. The summed E-state index contributed by atoms with van der Waals surface area (Å²) in [6, 6.07) is 20.8. The van der Waals surface area contributed by atoms with Crippen LogP contribution < -0.4 is 0 Å². The van der Waals surface area contributed by atoms with Gasteiger partial charge in [-0.1, -0.05) is 42.5 Å². The van der Waals surface area contributed by atoms with Gasteiger partial charge in [0.1, 0.15) is 17.5 Å². The fourth-order valence-electron chi connectivity index (χ4n) is 4.49. The molecule has 0 saturated carbocycles. The average molecular weight is 431 g/mol. The Morgan fingerprint density at radius 3 is 2.31 bits per heavy atom. The highest BCUT2D eigenvalue weighted by Crippen LogP contribution is 2.33. The molecule has 1 aromatic heterocycles. The van der Waals surface area contributed by atoms with Gasteiger partial charge in [0, 0.05) is 24.7 Å². The Labute approximate surface area is 185 Å². The summed E-state index contributed by atoms with van der Waals surface area (Å²) in [6.45, 7) is 1.24. The number of hydrogen-bond acceptors (Lipinski definition) is 2. The molecule has 1 saturated heterocycles. The highest BCUT2D eigenvalue weighted by atomic mass is 19.1. The van der Waals surface area contributed by atoms with Crippen molar-refractivity contribution in [2.45, 2.75) is 25.3 Å². The van der Waals surface area contributed by atoms with Gasteiger partial charge in [-0.2, -0.15) is 0 Å². The summed E-state index contributed by atoms with van der Waals surface area (Å²) in [5, 5.41) is 0. The number of imidazole rings is 1. The second-order valence-electron chi connectivity index (χ2n) is 8.22. The molecular weight excluding hydrogens is 408 g/mol. The minimum Gasteiger partial charge on any atom is -0.342 e. The first-order valence-electron chi connectivity index (χ1n) is 10.8. The highest BCUT2D eigenvalue weighted by Gasteiger charge is 2.27. The van der Waals surface area contributed by atoms with Gasteiger partial charge in [-0.05, 0) is 48.7 Å². The van der Waals surface area contributed by atoms with Crippen LogP contribution in [-0.2, 0) is 11.2 Å². The van der Waals surface area contributed by atoms with Crippen LogP contribution in [0, 0.1) is 11.6 Å². The Morgan fingerprint density at radius 2 is 1.59 bits per heavy atom. The summed E-state index contributed by atoms with van der Waals surface area (Å²) in [6.07, 6.45) is 1.79. The molecule has 0 spiro atoms. The predicted octanol–water partition coefficient (Wildman–Crippen LogP) is 5.39. The van der Waals surface area contributed by atoms with Crippen molar-refractivity contribution in [3.05, 3.63) is 90.0 Å². The Balaban J connectivity index is 1.38. The lowest BCUT2D eigenvalue weighted by atomic mass is 10.0. The number of carbonyl (C=O) groups excluding carboxylic acids is 1. The first-order chi connectivity index (χ1) is 15.6. The molecule has 1 fully saturated rings. The molecule has 0 aliphatic carbocycles. The maximum Gasteiger partial charge on any atom is 0.226 e. The van der Waals surface area contributed by atoms with Gasteiger partial charge < -0.3 is 9.47 Å². The van der Waals surface area contributed by atoms with Crippen LogP contribution in [0.4, 0.5) is 8.78 Å². The van der Waals surface area contributed by atoms with Crippen LogP contribution in [0.3, 0.4) is 0 Å². The zero-order chi connectivity index (χ0) is 22.1. The Bertz CT molecular complexity index is 1240. The van der Waals surface area contributed by atoms with E-state index in [-0.39, 0.29) is 30.0 Å². The van der Waals surface area contributed by atoms with Crippen molar-refractivity contribution in [3.63, 3.8) is 0 Å². The van der Waals surface area contributed by atoms with Crippen LogP contribution in [-0.4, -0.2) is 33.4 Å². The largest absolute Gasteiger partial charge is 0.342 e. The minimum absolute atomic E-state index is 0.0416. The molecule has 32 heavy (non-hydrogen) atoms. The number of hydrogen-bond donors (Lipinski definition) is 0. The van der Waals surface area contributed by atoms with E-state index in [1.54, 1.807) is 24.3 Å². The summed E-state index contributed by atoms with van der Waals surface area (Å²) in [5.41, 5.74) is 3.33. The molecule has 3 aromatic carbocycles. The molecule has 4 nitrogen and oxygen atoms in total. The van der Waals surface area contributed by atoms with E-state index in [9.17, 15) is 13.6 Å². The number of benzene rings is 3. The number of carbonyl (C=O) groups is 1. The second-order valence-corrected chi connectivity index (χ2v) is 8.22. The number of nitrogens with zero attached hydrogens (tertiary/aromatic N) is 3. The van der Waals surface area contributed by atoms with E-state index in [4.69, 9.17) is 4.98 Å². The van der Waals surface area contributed by atoms with Gasteiger partial charge in [0.25, 0.3) is 0 Å². The van der Waals surface area contributed by atoms with E-state index in [1.807, 2.05) is 35.2 Å². The summed E-state index contributed by atoms with van der Waals surface area (Å²) >= 11 is 0. The summed E-state index contributed by atoms with van der Waals surface area (Å²) in [7, 11) is 0. The van der Waals surface area contributed by atoms with Gasteiger partial charge in [0.2, 0.25) is 5.91 Å². The van der Waals surface area contributed by atoms with Crippen molar-refractivity contribution >= 4 is 16.9 Å². The molecule has 0 bridgehead atoms. The number of fused-ring (bicyclic) bond motifs is 1. The maximum atomic E-state index is 14.1. The lowest BCUT2D eigenvalue weighted by Gasteiger charge is -2.33. The van der Waals surface area contributed by atoms with Crippen LogP contribution in [0.5, 0.6) is 0 Å². The molecule has 0 atom stereocenters. The molecule has 162 valence electrons.